The first kappa shape index (κ1) is 19.6. The van der Waals surface area contributed by atoms with Gasteiger partial charge in [-0.3, -0.25) is 4.99 Å². The van der Waals surface area contributed by atoms with Crippen molar-refractivity contribution in [2.24, 2.45) is 4.99 Å². The molecule has 0 atom stereocenters. The van der Waals surface area contributed by atoms with Crippen LogP contribution in [0.25, 0.3) is 11.1 Å². The maximum atomic E-state index is 13.3. The molecule has 4 rings (SSSR count). The quantitative estimate of drug-likeness (QED) is 0.502. The Morgan fingerprint density at radius 1 is 1.21 bits per heavy atom. The Hall–Kier alpha value is -2.74. The number of halogens is 2. The predicted octanol–water partition coefficient (Wildman–Crippen LogP) is 4.18. The van der Waals surface area contributed by atoms with Crippen molar-refractivity contribution in [3.63, 3.8) is 0 Å². The first-order valence-electron chi connectivity index (χ1n) is 9.05. The second-order valence-corrected chi connectivity index (χ2v) is 7.02. The van der Waals surface area contributed by atoms with E-state index in [1.807, 2.05) is 18.3 Å². The lowest BCUT2D eigenvalue weighted by molar-refractivity contribution is -0.0936. The number of aromatic nitrogens is 2. The van der Waals surface area contributed by atoms with Gasteiger partial charge in [0.1, 0.15) is 16.8 Å². The van der Waals surface area contributed by atoms with E-state index in [0.29, 0.717) is 24.1 Å². The van der Waals surface area contributed by atoms with Crippen LogP contribution >= 0.6 is 11.6 Å². The summed E-state index contributed by atoms with van der Waals surface area (Å²) in [5.74, 6) is 0.403. The van der Waals surface area contributed by atoms with Crippen molar-refractivity contribution in [2.45, 2.75) is 12.8 Å². The van der Waals surface area contributed by atoms with Crippen LogP contribution in [0.4, 0.5) is 10.1 Å². The van der Waals surface area contributed by atoms with Crippen molar-refractivity contribution in [2.75, 3.05) is 26.1 Å². The van der Waals surface area contributed by atoms with Crippen molar-refractivity contribution in [3.8, 4) is 11.1 Å². The molecule has 0 saturated heterocycles. The Balaban J connectivity index is 1.78. The molecule has 1 aliphatic heterocycles. The van der Waals surface area contributed by atoms with E-state index in [1.165, 1.54) is 12.1 Å². The molecule has 0 unspecified atom stereocenters. The van der Waals surface area contributed by atoms with E-state index < -0.39 is 6.29 Å². The second kappa shape index (κ2) is 8.32. The minimum absolute atomic E-state index is 0.264. The number of rotatable bonds is 5. The van der Waals surface area contributed by atoms with Crippen molar-refractivity contribution < 1.29 is 13.9 Å². The highest BCUT2D eigenvalue weighted by Crippen LogP contribution is 2.29. The van der Waals surface area contributed by atoms with Crippen LogP contribution in [-0.2, 0) is 16.0 Å². The maximum absolute atomic E-state index is 13.3. The van der Waals surface area contributed by atoms with Gasteiger partial charge in [-0.2, -0.15) is 0 Å². The number of nitrogens with zero attached hydrogens (tertiary/aromatic N) is 3. The first-order valence-corrected chi connectivity index (χ1v) is 9.43. The molecule has 2 aromatic heterocycles. The highest BCUT2D eigenvalue weighted by atomic mass is 35.5. The van der Waals surface area contributed by atoms with E-state index in [0.717, 1.165) is 28.1 Å². The van der Waals surface area contributed by atoms with Crippen LogP contribution in [0.5, 0.6) is 0 Å². The Bertz CT molecular complexity index is 1050. The molecule has 0 aliphatic carbocycles. The average Bonchev–Trinajstić information content (AvgIpc) is 3.07. The molecule has 1 N–H and O–H groups in total. The summed E-state index contributed by atoms with van der Waals surface area (Å²) in [6.07, 6.45) is 3.27. The van der Waals surface area contributed by atoms with Crippen molar-refractivity contribution in [1.82, 2.24) is 9.55 Å². The zero-order valence-corrected chi connectivity index (χ0v) is 16.8. The lowest BCUT2D eigenvalue weighted by atomic mass is 10.1. The fourth-order valence-corrected chi connectivity index (χ4v) is 3.44. The average molecular weight is 415 g/mol. The number of anilines is 1. The van der Waals surface area contributed by atoms with Crippen LogP contribution in [-0.4, -0.2) is 42.4 Å². The van der Waals surface area contributed by atoms with Gasteiger partial charge in [-0.15, -0.1) is 0 Å². The van der Waals surface area contributed by atoms with Gasteiger partial charge < -0.3 is 19.4 Å². The number of nitrogens with one attached hydrogen (secondary N) is 1. The van der Waals surface area contributed by atoms with Gasteiger partial charge in [0.2, 0.25) is 0 Å². The zero-order valence-electron chi connectivity index (χ0n) is 16.0. The van der Waals surface area contributed by atoms with Crippen LogP contribution in [0.15, 0.2) is 53.8 Å². The molecule has 29 heavy (non-hydrogen) atoms. The summed E-state index contributed by atoms with van der Waals surface area (Å²) >= 11 is 6.10. The zero-order chi connectivity index (χ0) is 20.4. The van der Waals surface area contributed by atoms with Gasteiger partial charge in [-0.05, 0) is 35.4 Å². The molecular weight excluding hydrogens is 395 g/mol. The Morgan fingerprint density at radius 3 is 2.69 bits per heavy atom. The van der Waals surface area contributed by atoms with Gasteiger partial charge in [0.15, 0.2) is 6.29 Å². The van der Waals surface area contributed by atoms with Gasteiger partial charge in [-0.25, -0.2) is 9.37 Å². The smallest absolute Gasteiger partial charge is 0.176 e. The Labute approximate surface area is 173 Å². The molecule has 6 nitrogen and oxygen atoms in total. The lowest BCUT2D eigenvalue weighted by Crippen LogP contribution is -2.21. The number of aliphatic imine (C=N–C) groups is 1. The van der Waals surface area contributed by atoms with Crippen molar-refractivity contribution >= 4 is 23.1 Å². The summed E-state index contributed by atoms with van der Waals surface area (Å²) in [5.41, 5.74) is 4.61. The summed E-state index contributed by atoms with van der Waals surface area (Å²) in [4.78, 5) is 8.85. The van der Waals surface area contributed by atoms with Crippen LogP contribution in [0.1, 0.15) is 11.3 Å². The largest absolute Gasteiger partial charge is 0.354 e. The number of benzene rings is 1. The summed E-state index contributed by atoms with van der Waals surface area (Å²) < 4.78 is 25.9. The fraction of sp³-hybridized carbons (Fsp3) is 0.238. The monoisotopic (exact) mass is 414 g/mol. The molecule has 150 valence electrons. The van der Waals surface area contributed by atoms with Crippen molar-refractivity contribution in [3.05, 3.63) is 71.0 Å². The van der Waals surface area contributed by atoms with E-state index in [1.54, 1.807) is 32.5 Å². The molecule has 0 fully saturated rings. The van der Waals surface area contributed by atoms with Crippen LogP contribution < -0.4 is 5.32 Å². The molecule has 0 spiro atoms. The van der Waals surface area contributed by atoms with Gasteiger partial charge in [0.25, 0.3) is 0 Å². The SMILES string of the molecule is COC(CN=C1Nc2cnc(Cl)cc2Cn2cc(-c3ccc(F)cc3)cc21)OC. The van der Waals surface area contributed by atoms with E-state index in [4.69, 9.17) is 21.1 Å². The van der Waals surface area contributed by atoms with E-state index >= 15 is 0 Å². The molecule has 3 aromatic rings. The van der Waals surface area contributed by atoms with Gasteiger partial charge >= 0.3 is 0 Å². The van der Waals surface area contributed by atoms with Gasteiger partial charge in [0.05, 0.1) is 24.1 Å². The number of pyridine rings is 1. The number of methoxy groups -OCH3 is 2. The molecule has 8 heteroatoms. The first-order chi connectivity index (χ1) is 14.1. The van der Waals surface area contributed by atoms with Crippen LogP contribution in [0.2, 0.25) is 5.15 Å². The topological polar surface area (TPSA) is 60.7 Å². The van der Waals surface area contributed by atoms with Gasteiger partial charge in [0, 0.05) is 32.5 Å². The fourth-order valence-electron chi connectivity index (χ4n) is 3.26. The number of fused-ring (bicyclic) bond motifs is 2. The van der Waals surface area contributed by atoms with Crippen LogP contribution in [0.3, 0.4) is 0 Å². The van der Waals surface area contributed by atoms with E-state index in [2.05, 4.69) is 19.9 Å². The minimum atomic E-state index is -0.449. The molecule has 3 heterocycles. The van der Waals surface area contributed by atoms with Crippen LogP contribution in [0, 0.1) is 5.82 Å². The lowest BCUT2D eigenvalue weighted by Gasteiger charge is -2.13. The number of amidine groups is 1. The van der Waals surface area contributed by atoms with Crippen molar-refractivity contribution in [1.29, 1.82) is 0 Å². The summed E-state index contributed by atoms with van der Waals surface area (Å²) in [7, 11) is 3.15. The van der Waals surface area contributed by atoms with Gasteiger partial charge in [-0.1, -0.05) is 23.7 Å². The summed E-state index contributed by atoms with van der Waals surface area (Å²) in [6.45, 7) is 0.918. The summed E-state index contributed by atoms with van der Waals surface area (Å²) in [5, 5.41) is 3.79. The Morgan fingerprint density at radius 2 is 1.97 bits per heavy atom. The number of hydrogen-bond donors (Lipinski definition) is 1. The second-order valence-electron chi connectivity index (χ2n) is 6.63. The molecule has 1 aliphatic rings. The molecule has 0 saturated carbocycles. The predicted molar refractivity (Wildman–Crippen MR) is 111 cm³/mol. The highest BCUT2D eigenvalue weighted by Gasteiger charge is 2.20. The standard InChI is InChI=1S/C21H20ClFN4O2/c1-28-20(29-2)10-25-21-18-7-14(13-3-5-16(23)6-4-13)11-27(18)12-15-8-19(22)24-9-17(15)26-21/h3-9,11,20H,10,12H2,1-2H3,(H,25,26). The molecule has 0 amide bonds. The third-order valence-corrected chi connectivity index (χ3v) is 5.00. The molecule has 1 aromatic carbocycles. The highest BCUT2D eigenvalue weighted by molar-refractivity contribution is 6.29. The molecule has 0 radical (unpaired) electrons. The maximum Gasteiger partial charge on any atom is 0.176 e. The molecular formula is C21H20ClFN4O2. The third-order valence-electron chi connectivity index (χ3n) is 4.79. The number of ether oxygens (including phenoxy) is 2. The number of hydrogen-bond acceptors (Lipinski definition) is 4. The minimum Gasteiger partial charge on any atom is -0.354 e. The third kappa shape index (κ3) is 4.17. The molecule has 0 bridgehead atoms. The van der Waals surface area contributed by atoms with E-state index in [-0.39, 0.29) is 5.82 Å². The summed E-state index contributed by atoms with van der Waals surface area (Å²) in [6, 6.07) is 10.3. The normalized spacial score (nSPS) is 14.4. The van der Waals surface area contributed by atoms with E-state index in [9.17, 15) is 4.39 Å². The Kier molecular flexibility index (Phi) is 5.62.